The number of hydrogen-bond donors (Lipinski definition) is 2. The molecule has 0 amide bonds. The van der Waals surface area contributed by atoms with Crippen molar-refractivity contribution in [1.82, 2.24) is 9.78 Å². The van der Waals surface area contributed by atoms with Crippen LogP contribution in [0.1, 0.15) is 40.3 Å². The Morgan fingerprint density at radius 3 is 2.24 bits per heavy atom. The molecule has 17 heavy (non-hydrogen) atoms. The Morgan fingerprint density at radius 1 is 1.29 bits per heavy atom. The minimum absolute atomic E-state index is 0.302. The predicted octanol–water partition coefficient (Wildman–Crippen LogP) is 2.64. The van der Waals surface area contributed by atoms with E-state index in [1.807, 2.05) is 11.6 Å². The van der Waals surface area contributed by atoms with Crippen LogP contribution < -0.4 is 11.1 Å². The minimum atomic E-state index is 0.302. The average Bonchev–Trinajstić information content (AvgIpc) is 2.51. The molecule has 1 aromatic heterocycles. The second-order valence-corrected chi connectivity index (χ2v) is 6.18. The monoisotopic (exact) mass is 236 g/mol. The lowest BCUT2D eigenvalue weighted by molar-refractivity contribution is 0.457. The highest BCUT2D eigenvalue weighted by Gasteiger charge is 2.65. The van der Waals surface area contributed by atoms with E-state index in [4.69, 9.17) is 5.73 Å². The van der Waals surface area contributed by atoms with Crippen LogP contribution in [0.15, 0.2) is 0 Å². The Balaban J connectivity index is 2.27. The largest absolute Gasteiger partial charge is 0.394 e. The molecule has 1 saturated carbocycles. The number of hydrogen-bond acceptors (Lipinski definition) is 3. The molecule has 1 heterocycles. The Kier molecular flexibility index (Phi) is 2.46. The maximum absolute atomic E-state index is 6.09. The summed E-state index contributed by atoms with van der Waals surface area (Å²) in [6.07, 6.45) is 0. The number of aryl methyl sites for hydroxylation is 2. The predicted molar refractivity (Wildman–Crippen MR) is 72.0 cm³/mol. The molecule has 0 atom stereocenters. The van der Waals surface area contributed by atoms with E-state index in [0.29, 0.717) is 16.9 Å². The molecule has 0 aromatic carbocycles. The van der Waals surface area contributed by atoms with E-state index in [0.717, 1.165) is 23.7 Å². The van der Waals surface area contributed by atoms with Gasteiger partial charge in [-0.05, 0) is 24.7 Å². The molecule has 0 saturated heterocycles. The molecule has 0 unspecified atom stereocenters. The van der Waals surface area contributed by atoms with Crippen LogP contribution >= 0.6 is 0 Å². The van der Waals surface area contributed by atoms with E-state index in [-0.39, 0.29) is 0 Å². The lowest BCUT2D eigenvalue weighted by atomic mass is 10.0. The lowest BCUT2D eigenvalue weighted by Crippen LogP contribution is -2.15. The molecule has 1 fully saturated rings. The summed E-state index contributed by atoms with van der Waals surface area (Å²) in [7, 11) is 0. The number of nitrogens with one attached hydrogen (secondary N) is 1. The van der Waals surface area contributed by atoms with Crippen molar-refractivity contribution in [3.8, 4) is 0 Å². The SMILES string of the molecule is CCn1nc(C)c(N)c1NC1C(C)(C)C1(C)C. The Bertz CT molecular complexity index is 429. The number of nitrogens with two attached hydrogens (primary N) is 1. The molecule has 2 rings (SSSR count). The van der Waals surface area contributed by atoms with Crippen LogP contribution in [0.5, 0.6) is 0 Å². The van der Waals surface area contributed by atoms with Crippen molar-refractivity contribution in [1.29, 1.82) is 0 Å². The van der Waals surface area contributed by atoms with Gasteiger partial charge in [-0.1, -0.05) is 27.7 Å². The third-order valence-corrected chi connectivity index (χ3v) is 4.78. The van der Waals surface area contributed by atoms with E-state index in [9.17, 15) is 0 Å². The van der Waals surface area contributed by atoms with E-state index in [2.05, 4.69) is 45.0 Å². The van der Waals surface area contributed by atoms with Crippen LogP contribution in [0, 0.1) is 17.8 Å². The molecule has 1 aliphatic rings. The van der Waals surface area contributed by atoms with Crippen LogP contribution in [0.3, 0.4) is 0 Å². The van der Waals surface area contributed by atoms with Crippen molar-refractivity contribution in [2.75, 3.05) is 11.1 Å². The number of nitrogens with zero attached hydrogens (tertiary/aromatic N) is 2. The lowest BCUT2D eigenvalue weighted by Gasteiger charge is -2.11. The van der Waals surface area contributed by atoms with Crippen LogP contribution in [-0.2, 0) is 6.54 Å². The summed E-state index contributed by atoms with van der Waals surface area (Å²) < 4.78 is 1.95. The number of aromatic nitrogens is 2. The van der Waals surface area contributed by atoms with E-state index >= 15 is 0 Å². The molecular weight excluding hydrogens is 212 g/mol. The van der Waals surface area contributed by atoms with Gasteiger partial charge in [0.25, 0.3) is 0 Å². The van der Waals surface area contributed by atoms with Gasteiger partial charge in [0.2, 0.25) is 0 Å². The van der Waals surface area contributed by atoms with E-state index in [1.165, 1.54) is 0 Å². The van der Waals surface area contributed by atoms with Crippen molar-refractivity contribution in [2.24, 2.45) is 10.8 Å². The zero-order chi connectivity index (χ0) is 13.0. The van der Waals surface area contributed by atoms with Gasteiger partial charge in [-0.2, -0.15) is 5.10 Å². The fraction of sp³-hybridized carbons (Fsp3) is 0.769. The maximum Gasteiger partial charge on any atom is 0.148 e. The molecule has 1 aromatic rings. The van der Waals surface area contributed by atoms with Crippen molar-refractivity contribution in [2.45, 2.75) is 54.1 Å². The standard InChI is InChI=1S/C13H24N4/c1-7-17-10(9(14)8(2)16-17)15-11-12(3,4)13(11,5)6/h11,15H,7,14H2,1-6H3. The molecule has 96 valence electrons. The zero-order valence-corrected chi connectivity index (χ0v) is 11.8. The molecular formula is C13H24N4. The van der Waals surface area contributed by atoms with Gasteiger partial charge >= 0.3 is 0 Å². The first kappa shape index (κ1) is 12.3. The van der Waals surface area contributed by atoms with Crippen LogP contribution in [0.4, 0.5) is 11.5 Å². The molecule has 4 nitrogen and oxygen atoms in total. The smallest absolute Gasteiger partial charge is 0.148 e. The fourth-order valence-corrected chi connectivity index (χ4v) is 2.67. The summed E-state index contributed by atoms with van der Waals surface area (Å²) >= 11 is 0. The highest BCUT2D eigenvalue weighted by Crippen LogP contribution is 2.63. The highest BCUT2D eigenvalue weighted by molar-refractivity contribution is 5.66. The quantitative estimate of drug-likeness (QED) is 0.848. The summed E-state index contributed by atoms with van der Waals surface area (Å²) in [5, 5.41) is 8.01. The van der Waals surface area contributed by atoms with Gasteiger partial charge in [0.15, 0.2) is 0 Å². The van der Waals surface area contributed by atoms with Crippen molar-refractivity contribution < 1.29 is 0 Å². The molecule has 0 bridgehead atoms. The first-order valence-corrected chi connectivity index (χ1v) is 6.33. The average molecular weight is 236 g/mol. The van der Waals surface area contributed by atoms with Crippen LogP contribution in [0.2, 0.25) is 0 Å². The van der Waals surface area contributed by atoms with Gasteiger partial charge in [0.1, 0.15) is 5.82 Å². The van der Waals surface area contributed by atoms with Crippen LogP contribution in [0.25, 0.3) is 0 Å². The van der Waals surface area contributed by atoms with Gasteiger partial charge in [-0.15, -0.1) is 0 Å². The number of rotatable bonds is 3. The molecule has 3 N–H and O–H groups in total. The molecule has 0 spiro atoms. The minimum Gasteiger partial charge on any atom is -0.394 e. The second kappa shape index (κ2) is 3.40. The third-order valence-electron chi connectivity index (χ3n) is 4.78. The van der Waals surface area contributed by atoms with Crippen molar-refractivity contribution in [3.05, 3.63) is 5.69 Å². The zero-order valence-electron chi connectivity index (χ0n) is 11.8. The van der Waals surface area contributed by atoms with Crippen molar-refractivity contribution in [3.63, 3.8) is 0 Å². The molecule has 4 heteroatoms. The fourth-order valence-electron chi connectivity index (χ4n) is 2.67. The van der Waals surface area contributed by atoms with Crippen molar-refractivity contribution >= 4 is 11.5 Å². The van der Waals surface area contributed by atoms with E-state index < -0.39 is 0 Å². The van der Waals surface area contributed by atoms with Crippen LogP contribution in [-0.4, -0.2) is 15.8 Å². The Morgan fingerprint density at radius 2 is 1.82 bits per heavy atom. The summed E-state index contributed by atoms with van der Waals surface area (Å²) in [6, 6.07) is 0.457. The van der Waals surface area contributed by atoms with Gasteiger partial charge in [-0.25, -0.2) is 4.68 Å². The topological polar surface area (TPSA) is 55.9 Å². The van der Waals surface area contributed by atoms with E-state index in [1.54, 1.807) is 0 Å². The Hall–Kier alpha value is -1.19. The molecule has 0 radical (unpaired) electrons. The summed E-state index contributed by atoms with van der Waals surface area (Å²) in [5.41, 5.74) is 8.38. The molecule has 1 aliphatic carbocycles. The Labute approximate surface area is 104 Å². The van der Waals surface area contributed by atoms with Gasteiger partial charge in [-0.3, -0.25) is 0 Å². The summed E-state index contributed by atoms with van der Waals surface area (Å²) in [4.78, 5) is 0. The number of nitrogen functional groups attached to an aromatic ring is 1. The number of anilines is 2. The molecule has 0 aliphatic heterocycles. The van der Waals surface area contributed by atoms with Gasteiger partial charge in [0, 0.05) is 12.6 Å². The second-order valence-electron chi connectivity index (χ2n) is 6.18. The first-order valence-electron chi connectivity index (χ1n) is 6.33. The summed E-state index contributed by atoms with van der Waals surface area (Å²) in [6.45, 7) is 14.0. The highest BCUT2D eigenvalue weighted by atomic mass is 15.3. The summed E-state index contributed by atoms with van der Waals surface area (Å²) in [5.74, 6) is 0.980. The van der Waals surface area contributed by atoms with Gasteiger partial charge in [0.05, 0.1) is 11.4 Å². The third kappa shape index (κ3) is 1.53. The normalized spacial score (nSPS) is 21.5. The maximum atomic E-state index is 6.09. The van der Waals surface area contributed by atoms with Gasteiger partial charge < -0.3 is 11.1 Å². The first-order chi connectivity index (χ1) is 7.73.